The third-order valence-electron chi connectivity index (χ3n) is 3.18. The molecular formula is C11H19N3O. The van der Waals surface area contributed by atoms with Gasteiger partial charge in [0.15, 0.2) is 5.82 Å². The Morgan fingerprint density at radius 1 is 1.47 bits per heavy atom. The second-order valence-electron chi connectivity index (χ2n) is 4.45. The van der Waals surface area contributed by atoms with Gasteiger partial charge in [-0.15, -0.1) is 0 Å². The third-order valence-corrected chi connectivity index (χ3v) is 3.18. The van der Waals surface area contributed by atoms with Gasteiger partial charge < -0.3 is 9.84 Å². The minimum atomic E-state index is 0.689. The van der Waals surface area contributed by atoms with E-state index in [2.05, 4.69) is 22.4 Å². The lowest BCUT2D eigenvalue weighted by Gasteiger charge is -2.16. The van der Waals surface area contributed by atoms with Crippen molar-refractivity contribution < 1.29 is 4.52 Å². The molecule has 1 aromatic rings. The second-order valence-corrected chi connectivity index (χ2v) is 4.45. The molecule has 1 aromatic heterocycles. The van der Waals surface area contributed by atoms with Crippen LogP contribution in [0.4, 0.5) is 0 Å². The summed E-state index contributed by atoms with van der Waals surface area (Å²) in [4.78, 5) is 4.18. The Kier molecular flexibility index (Phi) is 3.36. The standard InChI is InChI=1S/C11H19N3O/c1-8-4-3-5-10(8)12-7-6-11-13-9(2)14-15-11/h8,10,12H,3-7H2,1-2H3. The molecule has 84 valence electrons. The van der Waals surface area contributed by atoms with Gasteiger partial charge in [-0.25, -0.2) is 0 Å². The Balaban J connectivity index is 1.70. The molecule has 0 aromatic carbocycles. The van der Waals surface area contributed by atoms with Gasteiger partial charge in [0, 0.05) is 19.0 Å². The van der Waals surface area contributed by atoms with E-state index in [0.717, 1.165) is 30.6 Å². The SMILES string of the molecule is Cc1noc(CCNC2CCCC2C)n1. The highest BCUT2D eigenvalue weighted by molar-refractivity contribution is 4.85. The maximum absolute atomic E-state index is 5.05. The number of aryl methyl sites for hydroxylation is 1. The molecule has 0 radical (unpaired) electrons. The van der Waals surface area contributed by atoms with Gasteiger partial charge in [-0.05, 0) is 25.7 Å². The van der Waals surface area contributed by atoms with Crippen LogP contribution >= 0.6 is 0 Å². The Hall–Kier alpha value is -0.900. The fourth-order valence-corrected chi connectivity index (χ4v) is 2.25. The van der Waals surface area contributed by atoms with Crippen LogP contribution in [0.15, 0.2) is 4.52 Å². The first kappa shape index (κ1) is 10.6. The highest BCUT2D eigenvalue weighted by Gasteiger charge is 2.22. The molecule has 1 heterocycles. The quantitative estimate of drug-likeness (QED) is 0.820. The van der Waals surface area contributed by atoms with E-state index in [0.29, 0.717) is 6.04 Å². The van der Waals surface area contributed by atoms with Crippen molar-refractivity contribution in [3.05, 3.63) is 11.7 Å². The summed E-state index contributed by atoms with van der Waals surface area (Å²) >= 11 is 0. The molecule has 0 amide bonds. The zero-order valence-electron chi connectivity index (χ0n) is 9.49. The maximum Gasteiger partial charge on any atom is 0.227 e. The van der Waals surface area contributed by atoms with Crippen LogP contribution in [0, 0.1) is 12.8 Å². The molecular weight excluding hydrogens is 190 g/mol. The molecule has 2 rings (SSSR count). The lowest BCUT2D eigenvalue weighted by Crippen LogP contribution is -2.32. The Bertz CT molecular complexity index is 311. The van der Waals surface area contributed by atoms with E-state index >= 15 is 0 Å². The monoisotopic (exact) mass is 209 g/mol. The van der Waals surface area contributed by atoms with Crippen LogP contribution in [0.1, 0.15) is 37.9 Å². The number of rotatable bonds is 4. The zero-order valence-corrected chi connectivity index (χ0v) is 9.49. The number of hydrogen-bond donors (Lipinski definition) is 1. The average Bonchev–Trinajstić information content (AvgIpc) is 2.77. The molecule has 2 unspecified atom stereocenters. The van der Waals surface area contributed by atoms with Gasteiger partial charge in [0.2, 0.25) is 5.89 Å². The highest BCUT2D eigenvalue weighted by Crippen LogP contribution is 2.24. The number of nitrogens with one attached hydrogen (secondary N) is 1. The van der Waals surface area contributed by atoms with Crippen LogP contribution < -0.4 is 5.32 Å². The Morgan fingerprint density at radius 3 is 2.93 bits per heavy atom. The maximum atomic E-state index is 5.05. The smallest absolute Gasteiger partial charge is 0.227 e. The number of aromatic nitrogens is 2. The van der Waals surface area contributed by atoms with Crippen LogP contribution in [-0.2, 0) is 6.42 Å². The van der Waals surface area contributed by atoms with E-state index in [9.17, 15) is 0 Å². The molecule has 4 heteroatoms. The predicted octanol–water partition coefficient (Wildman–Crippen LogP) is 1.70. The second kappa shape index (κ2) is 4.75. The largest absolute Gasteiger partial charge is 0.339 e. The molecule has 1 aliphatic carbocycles. The van der Waals surface area contributed by atoms with Crippen LogP contribution in [0.25, 0.3) is 0 Å². The van der Waals surface area contributed by atoms with Crippen molar-refractivity contribution in [2.75, 3.05) is 6.54 Å². The summed E-state index contributed by atoms with van der Waals surface area (Å²) in [6.07, 6.45) is 4.86. The first-order valence-electron chi connectivity index (χ1n) is 5.78. The van der Waals surface area contributed by atoms with Gasteiger partial charge in [-0.2, -0.15) is 4.98 Å². The molecule has 0 aliphatic heterocycles. The summed E-state index contributed by atoms with van der Waals surface area (Å²) in [7, 11) is 0. The lowest BCUT2D eigenvalue weighted by molar-refractivity contribution is 0.362. The van der Waals surface area contributed by atoms with E-state index in [1.165, 1.54) is 19.3 Å². The first-order valence-corrected chi connectivity index (χ1v) is 5.78. The van der Waals surface area contributed by atoms with Crippen LogP contribution in [0.5, 0.6) is 0 Å². The van der Waals surface area contributed by atoms with Crippen molar-refractivity contribution in [1.29, 1.82) is 0 Å². The van der Waals surface area contributed by atoms with Gasteiger partial charge in [0.25, 0.3) is 0 Å². The first-order chi connectivity index (χ1) is 7.25. The molecule has 0 spiro atoms. The van der Waals surface area contributed by atoms with Crippen molar-refractivity contribution in [2.45, 2.75) is 45.6 Å². The molecule has 1 aliphatic rings. The summed E-state index contributed by atoms with van der Waals surface area (Å²) in [6, 6.07) is 0.689. The predicted molar refractivity (Wildman–Crippen MR) is 57.5 cm³/mol. The number of nitrogens with zero attached hydrogens (tertiary/aromatic N) is 2. The fraction of sp³-hybridized carbons (Fsp3) is 0.818. The van der Waals surface area contributed by atoms with Crippen molar-refractivity contribution in [3.8, 4) is 0 Å². The highest BCUT2D eigenvalue weighted by atomic mass is 16.5. The molecule has 2 atom stereocenters. The topological polar surface area (TPSA) is 51.0 Å². The minimum absolute atomic E-state index is 0.689. The summed E-state index contributed by atoms with van der Waals surface area (Å²) in [5.41, 5.74) is 0. The van der Waals surface area contributed by atoms with Crippen molar-refractivity contribution >= 4 is 0 Å². The third kappa shape index (κ3) is 2.78. The van der Waals surface area contributed by atoms with E-state index in [-0.39, 0.29) is 0 Å². The van der Waals surface area contributed by atoms with Gasteiger partial charge in [-0.1, -0.05) is 18.5 Å². The fourth-order valence-electron chi connectivity index (χ4n) is 2.25. The van der Waals surface area contributed by atoms with E-state index < -0.39 is 0 Å². The number of hydrogen-bond acceptors (Lipinski definition) is 4. The normalized spacial score (nSPS) is 26.0. The van der Waals surface area contributed by atoms with Crippen molar-refractivity contribution in [1.82, 2.24) is 15.5 Å². The van der Waals surface area contributed by atoms with E-state index in [4.69, 9.17) is 4.52 Å². The van der Waals surface area contributed by atoms with Crippen LogP contribution in [-0.4, -0.2) is 22.7 Å². The Morgan fingerprint density at radius 2 is 2.33 bits per heavy atom. The van der Waals surface area contributed by atoms with Gasteiger partial charge >= 0.3 is 0 Å². The molecule has 15 heavy (non-hydrogen) atoms. The summed E-state index contributed by atoms with van der Waals surface area (Å²) in [5.74, 6) is 2.28. The molecule has 4 nitrogen and oxygen atoms in total. The summed E-state index contributed by atoms with van der Waals surface area (Å²) in [6.45, 7) is 5.11. The molecule has 0 bridgehead atoms. The minimum Gasteiger partial charge on any atom is -0.339 e. The summed E-state index contributed by atoms with van der Waals surface area (Å²) < 4.78 is 5.05. The zero-order chi connectivity index (χ0) is 10.7. The van der Waals surface area contributed by atoms with Crippen molar-refractivity contribution in [3.63, 3.8) is 0 Å². The molecule has 1 saturated carbocycles. The van der Waals surface area contributed by atoms with E-state index in [1.54, 1.807) is 0 Å². The molecule has 0 saturated heterocycles. The lowest BCUT2D eigenvalue weighted by atomic mass is 10.1. The molecule has 1 fully saturated rings. The Labute approximate surface area is 90.4 Å². The van der Waals surface area contributed by atoms with Gasteiger partial charge in [-0.3, -0.25) is 0 Å². The van der Waals surface area contributed by atoms with E-state index in [1.807, 2.05) is 6.92 Å². The van der Waals surface area contributed by atoms with Gasteiger partial charge in [0.1, 0.15) is 0 Å². The molecule has 1 N–H and O–H groups in total. The van der Waals surface area contributed by atoms with Crippen LogP contribution in [0.2, 0.25) is 0 Å². The van der Waals surface area contributed by atoms with Gasteiger partial charge in [0.05, 0.1) is 0 Å². The average molecular weight is 209 g/mol. The van der Waals surface area contributed by atoms with Crippen molar-refractivity contribution in [2.24, 2.45) is 5.92 Å². The summed E-state index contributed by atoms with van der Waals surface area (Å²) in [5, 5.41) is 7.33. The van der Waals surface area contributed by atoms with Crippen LogP contribution in [0.3, 0.4) is 0 Å².